The molecule has 1 aliphatic rings. The minimum absolute atomic E-state index is 0.0166. The van der Waals surface area contributed by atoms with E-state index in [2.05, 4.69) is 10.6 Å². The van der Waals surface area contributed by atoms with Gasteiger partial charge in [0.15, 0.2) is 0 Å². The predicted molar refractivity (Wildman–Crippen MR) is 75.2 cm³/mol. The third-order valence-electron chi connectivity index (χ3n) is 3.41. The quantitative estimate of drug-likeness (QED) is 0.584. The van der Waals surface area contributed by atoms with Crippen LogP contribution in [0.25, 0.3) is 0 Å². The van der Waals surface area contributed by atoms with Crippen molar-refractivity contribution in [2.45, 2.75) is 51.2 Å². The van der Waals surface area contributed by atoms with Gasteiger partial charge in [0, 0.05) is 26.7 Å². The summed E-state index contributed by atoms with van der Waals surface area (Å²) in [6.07, 6.45) is 5.39. The molecule has 5 nitrogen and oxygen atoms in total. The van der Waals surface area contributed by atoms with Gasteiger partial charge in [-0.15, -0.1) is 0 Å². The lowest BCUT2D eigenvalue weighted by Gasteiger charge is -2.20. The molecule has 0 aromatic heterocycles. The van der Waals surface area contributed by atoms with Crippen LogP contribution in [-0.2, 0) is 14.3 Å². The van der Waals surface area contributed by atoms with Gasteiger partial charge in [-0.1, -0.05) is 19.8 Å². The Balaban J connectivity index is 2.10. The molecular formula is C14H28N2O3. The Morgan fingerprint density at radius 2 is 2.00 bits per heavy atom. The first kappa shape index (κ1) is 16.4. The molecular weight excluding hydrogens is 244 g/mol. The summed E-state index contributed by atoms with van der Waals surface area (Å²) < 4.78 is 10.8. The minimum atomic E-state index is -0.290. The number of hydrogen-bond donors (Lipinski definition) is 2. The number of hydrogen-bond acceptors (Lipinski definition) is 4. The number of rotatable bonds is 10. The van der Waals surface area contributed by atoms with Gasteiger partial charge < -0.3 is 20.1 Å². The van der Waals surface area contributed by atoms with Crippen molar-refractivity contribution in [3.05, 3.63) is 0 Å². The van der Waals surface area contributed by atoms with Crippen LogP contribution in [0.15, 0.2) is 0 Å². The summed E-state index contributed by atoms with van der Waals surface area (Å²) in [6, 6.07) is 0. The van der Waals surface area contributed by atoms with E-state index in [1.54, 1.807) is 7.11 Å². The maximum absolute atomic E-state index is 12.0. The van der Waals surface area contributed by atoms with E-state index in [-0.39, 0.29) is 18.1 Å². The summed E-state index contributed by atoms with van der Waals surface area (Å²) in [4.78, 5) is 12.0. The average Bonchev–Trinajstić information content (AvgIpc) is 2.92. The summed E-state index contributed by atoms with van der Waals surface area (Å²) in [7, 11) is 1.68. The van der Waals surface area contributed by atoms with Gasteiger partial charge in [0.25, 0.3) is 0 Å². The molecule has 1 rings (SSSR count). The highest BCUT2D eigenvalue weighted by Crippen LogP contribution is 2.22. The molecule has 5 heteroatoms. The van der Waals surface area contributed by atoms with Gasteiger partial charge in [-0.2, -0.15) is 0 Å². The minimum Gasteiger partial charge on any atom is -0.383 e. The first-order chi connectivity index (χ1) is 9.27. The monoisotopic (exact) mass is 272 g/mol. The average molecular weight is 272 g/mol. The first-order valence-corrected chi connectivity index (χ1v) is 7.40. The lowest BCUT2D eigenvalue weighted by atomic mass is 10.2. The summed E-state index contributed by atoms with van der Waals surface area (Å²) in [5.41, 5.74) is 0. The fourth-order valence-electron chi connectivity index (χ4n) is 2.29. The Morgan fingerprint density at radius 3 is 2.63 bits per heavy atom. The zero-order valence-corrected chi connectivity index (χ0v) is 12.2. The standard InChI is InChI=1S/C14H28N2O3/c1-3-13(19-12-6-4-5-7-12)14(17)16-9-8-15-10-11-18-2/h12-13,15H,3-11H2,1-2H3,(H,16,17). The van der Waals surface area contributed by atoms with Crippen LogP contribution < -0.4 is 10.6 Å². The van der Waals surface area contributed by atoms with E-state index in [0.29, 0.717) is 13.2 Å². The van der Waals surface area contributed by atoms with E-state index in [1.807, 2.05) is 6.92 Å². The number of methoxy groups -OCH3 is 1. The Kier molecular flexibility index (Phi) is 8.79. The second-order valence-corrected chi connectivity index (χ2v) is 4.97. The summed E-state index contributed by atoms with van der Waals surface area (Å²) in [5.74, 6) is 0.0166. The molecule has 0 aromatic carbocycles. The number of carbonyl (C=O) groups is 1. The molecule has 0 bridgehead atoms. The van der Waals surface area contributed by atoms with Gasteiger partial charge in [-0.3, -0.25) is 4.79 Å². The summed E-state index contributed by atoms with van der Waals surface area (Å²) in [5, 5.41) is 6.11. The topological polar surface area (TPSA) is 59.6 Å². The molecule has 1 unspecified atom stereocenters. The van der Waals surface area contributed by atoms with Crippen molar-refractivity contribution < 1.29 is 14.3 Å². The maximum Gasteiger partial charge on any atom is 0.249 e. The van der Waals surface area contributed by atoms with Crippen molar-refractivity contribution in [1.29, 1.82) is 0 Å². The van der Waals surface area contributed by atoms with Crippen LogP contribution in [0.2, 0.25) is 0 Å². The Bertz CT molecular complexity index is 243. The zero-order chi connectivity index (χ0) is 13.9. The molecule has 0 saturated heterocycles. The van der Waals surface area contributed by atoms with Crippen LogP contribution >= 0.6 is 0 Å². The van der Waals surface area contributed by atoms with Gasteiger partial charge in [0.1, 0.15) is 6.10 Å². The Morgan fingerprint density at radius 1 is 1.26 bits per heavy atom. The molecule has 19 heavy (non-hydrogen) atoms. The van der Waals surface area contributed by atoms with Gasteiger partial charge in [0.05, 0.1) is 12.7 Å². The molecule has 0 spiro atoms. The molecule has 1 atom stereocenters. The molecule has 0 heterocycles. The van der Waals surface area contributed by atoms with Gasteiger partial charge in [0.2, 0.25) is 5.91 Å². The first-order valence-electron chi connectivity index (χ1n) is 7.40. The van der Waals surface area contributed by atoms with Gasteiger partial charge >= 0.3 is 0 Å². The lowest BCUT2D eigenvalue weighted by Crippen LogP contribution is -2.41. The summed E-state index contributed by atoms with van der Waals surface area (Å²) in [6.45, 7) is 4.89. The van der Waals surface area contributed by atoms with Crippen LogP contribution in [0, 0.1) is 0 Å². The van der Waals surface area contributed by atoms with E-state index in [0.717, 1.165) is 32.4 Å². The Hall–Kier alpha value is -0.650. The number of amides is 1. The fraction of sp³-hybridized carbons (Fsp3) is 0.929. The smallest absolute Gasteiger partial charge is 0.249 e. The molecule has 1 aliphatic carbocycles. The predicted octanol–water partition coefficient (Wildman–Crippen LogP) is 1.08. The molecule has 1 saturated carbocycles. The number of ether oxygens (including phenoxy) is 2. The fourth-order valence-corrected chi connectivity index (χ4v) is 2.29. The van der Waals surface area contributed by atoms with Crippen LogP contribution in [-0.4, -0.2) is 51.5 Å². The number of carbonyl (C=O) groups excluding carboxylic acids is 1. The van der Waals surface area contributed by atoms with Gasteiger partial charge in [-0.05, 0) is 19.3 Å². The molecule has 2 N–H and O–H groups in total. The van der Waals surface area contributed by atoms with Crippen molar-refractivity contribution in [2.75, 3.05) is 33.4 Å². The second kappa shape index (κ2) is 10.2. The van der Waals surface area contributed by atoms with Crippen molar-refractivity contribution in [2.24, 2.45) is 0 Å². The van der Waals surface area contributed by atoms with Crippen molar-refractivity contribution >= 4 is 5.91 Å². The van der Waals surface area contributed by atoms with Gasteiger partial charge in [-0.25, -0.2) is 0 Å². The summed E-state index contributed by atoms with van der Waals surface area (Å²) >= 11 is 0. The van der Waals surface area contributed by atoms with Crippen LogP contribution in [0.4, 0.5) is 0 Å². The molecule has 112 valence electrons. The van der Waals surface area contributed by atoms with E-state index < -0.39 is 0 Å². The zero-order valence-electron chi connectivity index (χ0n) is 12.2. The highest BCUT2D eigenvalue weighted by molar-refractivity contribution is 5.80. The van der Waals surface area contributed by atoms with Crippen molar-refractivity contribution in [1.82, 2.24) is 10.6 Å². The van der Waals surface area contributed by atoms with Crippen LogP contribution in [0.5, 0.6) is 0 Å². The van der Waals surface area contributed by atoms with E-state index in [4.69, 9.17) is 9.47 Å². The van der Waals surface area contributed by atoms with Crippen molar-refractivity contribution in [3.8, 4) is 0 Å². The number of nitrogens with one attached hydrogen (secondary N) is 2. The SMILES string of the molecule is CCC(OC1CCCC1)C(=O)NCCNCCOC. The third-order valence-corrected chi connectivity index (χ3v) is 3.41. The van der Waals surface area contributed by atoms with Crippen LogP contribution in [0.3, 0.4) is 0 Å². The molecule has 1 amide bonds. The maximum atomic E-state index is 12.0. The second-order valence-electron chi connectivity index (χ2n) is 4.97. The molecule has 0 aliphatic heterocycles. The molecule has 1 fully saturated rings. The van der Waals surface area contributed by atoms with Crippen molar-refractivity contribution in [3.63, 3.8) is 0 Å². The van der Waals surface area contributed by atoms with E-state index in [9.17, 15) is 4.79 Å². The molecule has 0 aromatic rings. The van der Waals surface area contributed by atoms with E-state index >= 15 is 0 Å². The lowest BCUT2D eigenvalue weighted by molar-refractivity contribution is -0.136. The van der Waals surface area contributed by atoms with Crippen LogP contribution in [0.1, 0.15) is 39.0 Å². The third kappa shape index (κ3) is 6.89. The molecule has 0 radical (unpaired) electrons. The largest absolute Gasteiger partial charge is 0.383 e. The normalized spacial score (nSPS) is 17.6. The van der Waals surface area contributed by atoms with E-state index in [1.165, 1.54) is 12.8 Å². The highest BCUT2D eigenvalue weighted by atomic mass is 16.5. The Labute approximate surface area is 116 Å². The highest BCUT2D eigenvalue weighted by Gasteiger charge is 2.23.